The molecule has 2 aromatic rings. The second-order valence-electron chi connectivity index (χ2n) is 3.40. The Morgan fingerprint density at radius 1 is 1.40 bits per heavy atom. The average Bonchev–Trinajstić information content (AvgIpc) is 2.29. The predicted molar refractivity (Wildman–Crippen MR) is 61.3 cm³/mol. The van der Waals surface area contributed by atoms with Crippen molar-refractivity contribution in [1.82, 2.24) is 4.98 Å². The van der Waals surface area contributed by atoms with Crippen LogP contribution >= 0.6 is 11.6 Å². The minimum absolute atomic E-state index is 0.334. The number of hydrogen-bond donors (Lipinski definition) is 1. The molecule has 0 spiro atoms. The van der Waals surface area contributed by atoms with Crippen molar-refractivity contribution < 1.29 is 5.11 Å². The summed E-state index contributed by atoms with van der Waals surface area (Å²) in [5, 5.41) is 9.50. The second kappa shape index (κ2) is 4.60. The summed E-state index contributed by atoms with van der Waals surface area (Å²) in [4.78, 5) is 4.23. The fourth-order valence-corrected chi connectivity index (χ4v) is 1.71. The van der Waals surface area contributed by atoms with Gasteiger partial charge in [-0.2, -0.15) is 0 Å². The third kappa shape index (κ3) is 2.46. The molecule has 3 heteroatoms. The number of alkyl halides is 1. The molecule has 0 fully saturated rings. The summed E-state index contributed by atoms with van der Waals surface area (Å²) in [6.45, 7) is 1.01. The maximum Gasteiger partial charge on any atom is 0.0980 e. The van der Waals surface area contributed by atoms with E-state index in [2.05, 4.69) is 4.98 Å². The number of aliphatic hydroxyl groups is 1. The third-order valence-electron chi connectivity index (χ3n) is 2.26. The first kappa shape index (κ1) is 10.4. The monoisotopic (exact) mass is 220 g/mol. The summed E-state index contributed by atoms with van der Waals surface area (Å²) >= 11 is 5.83. The molecule has 0 amide bonds. The predicted octanol–water partition coefficient (Wildman–Crippen LogP) is 2.92. The molecule has 0 bridgehead atoms. The van der Waals surface area contributed by atoms with Gasteiger partial charge in [0.2, 0.25) is 0 Å². The molecule has 2 nitrogen and oxygen atoms in total. The highest BCUT2D eigenvalue weighted by atomic mass is 35.5. The molecule has 1 unspecified atom stereocenters. The van der Waals surface area contributed by atoms with Crippen LogP contribution in [0.25, 0.3) is 10.9 Å². The Labute approximate surface area is 93.5 Å². The van der Waals surface area contributed by atoms with E-state index < -0.39 is 0 Å². The molecule has 2 rings (SSSR count). The van der Waals surface area contributed by atoms with Crippen molar-refractivity contribution in [3.63, 3.8) is 0 Å². The van der Waals surface area contributed by atoms with E-state index in [4.69, 9.17) is 16.7 Å². The van der Waals surface area contributed by atoms with Gasteiger partial charge < -0.3 is 5.11 Å². The third-order valence-corrected chi connectivity index (χ3v) is 2.53. The molecule has 1 atom stereocenters. The first-order valence-corrected chi connectivity index (χ1v) is 5.18. The Balaban J connectivity index is 2.30. The molecule has 1 radical (unpaired) electrons. The van der Waals surface area contributed by atoms with Crippen LogP contribution in [-0.4, -0.2) is 15.5 Å². The van der Waals surface area contributed by atoms with Crippen molar-refractivity contribution in [3.8, 4) is 0 Å². The molecule has 0 aliphatic carbocycles. The zero-order valence-corrected chi connectivity index (χ0v) is 8.85. The zero-order chi connectivity index (χ0) is 10.7. The van der Waals surface area contributed by atoms with Crippen LogP contribution in [0.4, 0.5) is 0 Å². The van der Waals surface area contributed by atoms with E-state index >= 15 is 0 Å². The molecular formula is C12H11ClNO. The van der Waals surface area contributed by atoms with Gasteiger partial charge in [0.1, 0.15) is 0 Å². The summed E-state index contributed by atoms with van der Waals surface area (Å²) < 4.78 is 0. The fraction of sp³-hybridized carbons (Fsp3) is 0.167. The quantitative estimate of drug-likeness (QED) is 0.807. The van der Waals surface area contributed by atoms with E-state index in [-0.39, 0.29) is 5.38 Å². The van der Waals surface area contributed by atoms with Gasteiger partial charge in [0, 0.05) is 11.6 Å². The van der Waals surface area contributed by atoms with Gasteiger partial charge in [0.15, 0.2) is 0 Å². The Morgan fingerprint density at radius 2 is 2.27 bits per heavy atom. The van der Waals surface area contributed by atoms with Gasteiger partial charge in [-0.25, -0.2) is 0 Å². The number of fused-ring (bicyclic) bond motifs is 1. The van der Waals surface area contributed by atoms with Crippen LogP contribution in [0.3, 0.4) is 0 Å². The van der Waals surface area contributed by atoms with Crippen molar-refractivity contribution in [2.75, 3.05) is 0 Å². The van der Waals surface area contributed by atoms with Gasteiger partial charge in [-0.3, -0.25) is 4.98 Å². The fourth-order valence-electron chi connectivity index (χ4n) is 1.53. The largest absolute Gasteiger partial charge is 0.389 e. The Bertz CT molecular complexity index is 458. The van der Waals surface area contributed by atoms with Crippen molar-refractivity contribution in [2.24, 2.45) is 0 Å². The van der Waals surface area contributed by atoms with Gasteiger partial charge in [-0.15, -0.1) is 11.6 Å². The van der Waals surface area contributed by atoms with Crippen molar-refractivity contribution in [2.45, 2.75) is 11.8 Å². The van der Waals surface area contributed by atoms with Crippen molar-refractivity contribution >= 4 is 22.5 Å². The van der Waals surface area contributed by atoms with Gasteiger partial charge in [-0.1, -0.05) is 12.1 Å². The SMILES string of the molecule is O[CH]C(Cl)Cc1ccc2ncccc2c1. The maximum absolute atomic E-state index is 8.74. The van der Waals surface area contributed by atoms with Crippen LogP contribution < -0.4 is 0 Å². The molecule has 77 valence electrons. The summed E-state index contributed by atoms with van der Waals surface area (Å²) in [5.41, 5.74) is 2.07. The molecule has 0 saturated carbocycles. The highest BCUT2D eigenvalue weighted by Crippen LogP contribution is 2.16. The van der Waals surface area contributed by atoms with Gasteiger partial charge in [0.05, 0.1) is 17.5 Å². The summed E-state index contributed by atoms with van der Waals surface area (Å²) in [6.07, 6.45) is 2.40. The number of aromatic nitrogens is 1. The lowest BCUT2D eigenvalue weighted by Crippen LogP contribution is -2.03. The number of rotatable bonds is 3. The molecule has 0 aliphatic rings. The summed E-state index contributed by atoms with van der Waals surface area (Å²) in [5.74, 6) is 0. The van der Waals surface area contributed by atoms with E-state index in [0.717, 1.165) is 23.1 Å². The molecule has 15 heavy (non-hydrogen) atoms. The van der Waals surface area contributed by atoms with Crippen LogP contribution in [0.1, 0.15) is 5.56 Å². The van der Waals surface area contributed by atoms with E-state index in [0.29, 0.717) is 6.42 Å². The Morgan fingerprint density at radius 3 is 3.07 bits per heavy atom. The molecule has 1 aromatic heterocycles. The Hall–Kier alpha value is -1.12. The number of pyridine rings is 1. The number of hydrogen-bond acceptors (Lipinski definition) is 2. The number of halogens is 1. The van der Waals surface area contributed by atoms with Gasteiger partial charge in [-0.05, 0) is 30.2 Å². The molecule has 1 heterocycles. The van der Waals surface area contributed by atoms with E-state index in [1.807, 2.05) is 30.3 Å². The number of nitrogens with zero attached hydrogens (tertiary/aromatic N) is 1. The first-order valence-electron chi connectivity index (χ1n) is 4.75. The highest BCUT2D eigenvalue weighted by molar-refractivity contribution is 6.21. The summed E-state index contributed by atoms with van der Waals surface area (Å²) in [7, 11) is 0. The number of benzene rings is 1. The van der Waals surface area contributed by atoms with Crippen molar-refractivity contribution in [1.29, 1.82) is 0 Å². The lowest BCUT2D eigenvalue weighted by Gasteiger charge is -2.06. The molecule has 1 N–H and O–H groups in total. The zero-order valence-electron chi connectivity index (χ0n) is 8.10. The standard InChI is InChI=1S/C12H11ClNO/c13-11(8-15)7-9-3-4-12-10(6-9)2-1-5-14-12/h1-6,8,11,15H,7H2. The average molecular weight is 221 g/mol. The normalized spacial score (nSPS) is 12.9. The van der Waals surface area contributed by atoms with E-state index in [1.54, 1.807) is 6.20 Å². The molecule has 1 aromatic carbocycles. The topological polar surface area (TPSA) is 33.1 Å². The van der Waals surface area contributed by atoms with E-state index in [9.17, 15) is 0 Å². The minimum atomic E-state index is -0.334. The second-order valence-corrected chi connectivity index (χ2v) is 3.96. The number of aliphatic hydroxyl groups excluding tert-OH is 1. The van der Waals surface area contributed by atoms with Crippen LogP contribution in [-0.2, 0) is 6.42 Å². The lowest BCUT2D eigenvalue weighted by atomic mass is 10.1. The minimum Gasteiger partial charge on any atom is -0.389 e. The lowest BCUT2D eigenvalue weighted by molar-refractivity contribution is 0.377. The van der Waals surface area contributed by atoms with Crippen LogP contribution in [0.15, 0.2) is 36.5 Å². The van der Waals surface area contributed by atoms with Crippen molar-refractivity contribution in [3.05, 3.63) is 48.7 Å². The first-order chi connectivity index (χ1) is 7.29. The van der Waals surface area contributed by atoms with Gasteiger partial charge >= 0.3 is 0 Å². The van der Waals surface area contributed by atoms with E-state index in [1.165, 1.54) is 0 Å². The maximum atomic E-state index is 8.74. The van der Waals surface area contributed by atoms with Crippen LogP contribution in [0, 0.1) is 6.61 Å². The van der Waals surface area contributed by atoms with Gasteiger partial charge in [0.25, 0.3) is 0 Å². The van der Waals surface area contributed by atoms with Crippen LogP contribution in [0.2, 0.25) is 0 Å². The van der Waals surface area contributed by atoms with Crippen LogP contribution in [0.5, 0.6) is 0 Å². The highest BCUT2D eigenvalue weighted by Gasteiger charge is 2.05. The molecule has 0 aliphatic heterocycles. The molecule has 0 saturated heterocycles. The Kier molecular flexibility index (Phi) is 3.19. The molecular weight excluding hydrogens is 210 g/mol. The summed E-state index contributed by atoms with van der Waals surface area (Å²) in [6, 6.07) is 9.90. The smallest absolute Gasteiger partial charge is 0.0980 e.